The molecule has 0 radical (unpaired) electrons. The molecule has 0 aromatic heterocycles. The summed E-state index contributed by atoms with van der Waals surface area (Å²) in [5.41, 5.74) is 0.912. The molecule has 72 valence electrons. The van der Waals surface area contributed by atoms with Gasteiger partial charge in [0, 0.05) is 24.9 Å². The molecule has 2 nitrogen and oxygen atoms in total. The predicted octanol–water partition coefficient (Wildman–Crippen LogP) is 2.12. The maximum Gasteiger partial charge on any atom is 0.158 e. The zero-order valence-corrected chi connectivity index (χ0v) is 7.61. The van der Waals surface area contributed by atoms with Crippen molar-refractivity contribution in [3.63, 3.8) is 0 Å². The van der Waals surface area contributed by atoms with Crippen molar-refractivity contribution in [1.82, 2.24) is 0 Å². The second kappa shape index (κ2) is 3.62. The number of allylic oxidation sites excluding steroid dienone is 1. The molecule has 0 fully saturated rings. The van der Waals surface area contributed by atoms with Crippen LogP contribution in [0, 0.1) is 5.82 Å². The fourth-order valence-electron chi connectivity index (χ4n) is 1.41. The highest BCUT2D eigenvalue weighted by molar-refractivity contribution is 5.91. The van der Waals surface area contributed by atoms with Crippen LogP contribution in [-0.2, 0) is 4.79 Å². The molecule has 0 spiro atoms. The van der Waals surface area contributed by atoms with E-state index in [2.05, 4.69) is 0 Å². The lowest BCUT2D eigenvalue weighted by molar-refractivity contribution is -0.114. The summed E-state index contributed by atoms with van der Waals surface area (Å²) in [6.07, 6.45) is 3.81. The second-order valence-electron chi connectivity index (χ2n) is 3.20. The Labute approximate surface area is 81.6 Å². The van der Waals surface area contributed by atoms with Crippen molar-refractivity contribution in [2.75, 3.05) is 11.4 Å². The molecule has 0 bridgehead atoms. The Morgan fingerprint density at radius 1 is 1.21 bits per heavy atom. The Morgan fingerprint density at radius 2 is 1.93 bits per heavy atom. The van der Waals surface area contributed by atoms with Crippen LogP contribution in [0.2, 0.25) is 0 Å². The van der Waals surface area contributed by atoms with Crippen molar-refractivity contribution in [2.45, 2.75) is 6.42 Å². The smallest absolute Gasteiger partial charge is 0.158 e. The minimum Gasteiger partial charge on any atom is -0.347 e. The van der Waals surface area contributed by atoms with Crippen LogP contribution in [0.1, 0.15) is 6.42 Å². The van der Waals surface area contributed by atoms with E-state index in [0.717, 1.165) is 5.69 Å². The first-order valence-electron chi connectivity index (χ1n) is 4.49. The first-order chi connectivity index (χ1) is 6.75. The fourth-order valence-corrected chi connectivity index (χ4v) is 1.41. The van der Waals surface area contributed by atoms with Gasteiger partial charge in [0.1, 0.15) is 5.82 Å². The quantitative estimate of drug-likeness (QED) is 0.677. The van der Waals surface area contributed by atoms with E-state index in [1.165, 1.54) is 12.1 Å². The average molecular weight is 191 g/mol. The van der Waals surface area contributed by atoms with Crippen LogP contribution < -0.4 is 4.90 Å². The van der Waals surface area contributed by atoms with Crippen molar-refractivity contribution >= 4 is 11.5 Å². The molecule has 0 unspecified atom stereocenters. The molecule has 0 saturated carbocycles. The van der Waals surface area contributed by atoms with E-state index in [1.54, 1.807) is 24.4 Å². The van der Waals surface area contributed by atoms with Gasteiger partial charge in [-0.1, -0.05) is 0 Å². The molecule has 2 rings (SSSR count). The minimum absolute atomic E-state index is 0.142. The van der Waals surface area contributed by atoms with Crippen LogP contribution in [0.25, 0.3) is 0 Å². The van der Waals surface area contributed by atoms with E-state index in [9.17, 15) is 9.18 Å². The van der Waals surface area contributed by atoms with Crippen LogP contribution in [-0.4, -0.2) is 12.3 Å². The molecule has 14 heavy (non-hydrogen) atoms. The number of rotatable bonds is 1. The number of anilines is 1. The van der Waals surface area contributed by atoms with Crippen molar-refractivity contribution in [3.8, 4) is 0 Å². The Morgan fingerprint density at radius 3 is 2.50 bits per heavy atom. The molecule has 1 aliphatic rings. The molecule has 1 aromatic carbocycles. The molecular formula is C11H10FNO. The SMILES string of the molecule is O=C1C=CN(c2ccc(F)cc2)CC1. The molecule has 0 N–H and O–H groups in total. The summed E-state index contributed by atoms with van der Waals surface area (Å²) in [7, 11) is 0. The lowest BCUT2D eigenvalue weighted by Crippen LogP contribution is -2.23. The number of hydrogen-bond acceptors (Lipinski definition) is 2. The minimum atomic E-state index is -0.245. The van der Waals surface area contributed by atoms with Gasteiger partial charge in [-0.05, 0) is 30.3 Å². The van der Waals surface area contributed by atoms with Crippen molar-refractivity contribution in [1.29, 1.82) is 0 Å². The van der Waals surface area contributed by atoms with Crippen molar-refractivity contribution in [2.24, 2.45) is 0 Å². The first-order valence-corrected chi connectivity index (χ1v) is 4.49. The van der Waals surface area contributed by atoms with Crippen LogP contribution in [0.5, 0.6) is 0 Å². The summed E-state index contributed by atoms with van der Waals surface area (Å²) in [4.78, 5) is 12.9. The molecule has 1 aliphatic heterocycles. The summed E-state index contributed by atoms with van der Waals surface area (Å²) in [6, 6.07) is 6.24. The van der Waals surface area contributed by atoms with Crippen molar-refractivity contribution in [3.05, 3.63) is 42.4 Å². The average Bonchev–Trinajstić information content (AvgIpc) is 2.21. The lowest BCUT2D eigenvalue weighted by atomic mass is 10.2. The van der Waals surface area contributed by atoms with Gasteiger partial charge in [-0.3, -0.25) is 4.79 Å². The van der Waals surface area contributed by atoms with Crippen LogP contribution >= 0.6 is 0 Å². The second-order valence-corrected chi connectivity index (χ2v) is 3.20. The Bertz CT molecular complexity index is 369. The highest BCUT2D eigenvalue weighted by Crippen LogP contribution is 2.17. The highest BCUT2D eigenvalue weighted by Gasteiger charge is 2.10. The molecule has 0 atom stereocenters. The van der Waals surface area contributed by atoms with E-state index in [0.29, 0.717) is 13.0 Å². The summed E-state index contributed by atoms with van der Waals surface area (Å²) < 4.78 is 12.6. The van der Waals surface area contributed by atoms with Gasteiger partial charge < -0.3 is 4.90 Å². The van der Waals surface area contributed by atoms with Crippen LogP contribution in [0.15, 0.2) is 36.5 Å². The van der Waals surface area contributed by atoms with E-state index in [4.69, 9.17) is 0 Å². The number of carbonyl (C=O) groups is 1. The van der Waals surface area contributed by atoms with E-state index < -0.39 is 0 Å². The van der Waals surface area contributed by atoms with Gasteiger partial charge in [0.25, 0.3) is 0 Å². The van der Waals surface area contributed by atoms with E-state index in [-0.39, 0.29) is 11.6 Å². The molecule has 1 aromatic rings. The summed E-state index contributed by atoms with van der Waals surface area (Å²) >= 11 is 0. The third kappa shape index (κ3) is 1.82. The summed E-state index contributed by atoms with van der Waals surface area (Å²) in [6.45, 7) is 0.668. The Balaban J connectivity index is 2.20. The third-order valence-electron chi connectivity index (χ3n) is 2.20. The third-order valence-corrected chi connectivity index (χ3v) is 2.20. The number of carbonyl (C=O) groups excluding carboxylic acids is 1. The normalized spacial score (nSPS) is 16.1. The number of nitrogens with zero attached hydrogens (tertiary/aromatic N) is 1. The highest BCUT2D eigenvalue weighted by atomic mass is 19.1. The molecule has 1 heterocycles. The zero-order valence-electron chi connectivity index (χ0n) is 7.61. The zero-order chi connectivity index (χ0) is 9.97. The van der Waals surface area contributed by atoms with Gasteiger partial charge in [0.05, 0.1) is 0 Å². The van der Waals surface area contributed by atoms with Gasteiger partial charge in [-0.2, -0.15) is 0 Å². The molecular weight excluding hydrogens is 181 g/mol. The van der Waals surface area contributed by atoms with Gasteiger partial charge in [0.2, 0.25) is 0 Å². The van der Waals surface area contributed by atoms with Gasteiger partial charge in [-0.25, -0.2) is 4.39 Å². The number of hydrogen-bond donors (Lipinski definition) is 0. The lowest BCUT2D eigenvalue weighted by Gasteiger charge is -2.22. The van der Waals surface area contributed by atoms with Crippen LogP contribution in [0.3, 0.4) is 0 Å². The van der Waals surface area contributed by atoms with Gasteiger partial charge in [-0.15, -0.1) is 0 Å². The monoisotopic (exact) mass is 191 g/mol. The molecule has 0 amide bonds. The summed E-state index contributed by atoms with van der Waals surface area (Å²) in [5, 5.41) is 0. The van der Waals surface area contributed by atoms with E-state index >= 15 is 0 Å². The number of benzene rings is 1. The standard InChI is InChI=1S/C11H10FNO/c12-9-1-3-10(4-2-9)13-7-5-11(14)6-8-13/h1-5,7H,6,8H2. The first kappa shape index (κ1) is 8.94. The largest absolute Gasteiger partial charge is 0.347 e. The van der Waals surface area contributed by atoms with Crippen LogP contribution in [0.4, 0.5) is 10.1 Å². The topological polar surface area (TPSA) is 20.3 Å². The van der Waals surface area contributed by atoms with Crippen molar-refractivity contribution < 1.29 is 9.18 Å². The maximum atomic E-state index is 12.6. The summed E-state index contributed by atoms with van der Waals surface area (Å²) in [5.74, 6) is -0.103. The Kier molecular flexibility index (Phi) is 2.31. The van der Waals surface area contributed by atoms with Gasteiger partial charge >= 0.3 is 0 Å². The number of ketones is 1. The predicted molar refractivity (Wildman–Crippen MR) is 52.5 cm³/mol. The maximum absolute atomic E-state index is 12.6. The molecule has 3 heteroatoms. The Hall–Kier alpha value is -1.64. The van der Waals surface area contributed by atoms with E-state index in [1.807, 2.05) is 4.90 Å². The fraction of sp³-hybridized carbons (Fsp3) is 0.182. The van der Waals surface area contributed by atoms with Gasteiger partial charge in [0.15, 0.2) is 5.78 Å². The number of halogens is 1. The molecule has 0 aliphatic carbocycles. The molecule has 0 saturated heterocycles.